The highest BCUT2D eigenvalue weighted by atomic mass is 79.9. The molecule has 9 heteroatoms. The van der Waals surface area contributed by atoms with Gasteiger partial charge in [0.25, 0.3) is 10.1 Å². The summed E-state index contributed by atoms with van der Waals surface area (Å²) in [7, 11) is -4.50. The van der Waals surface area contributed by atoms with Crippen molar-refractivity contribution in [2.45, 2.75) is 83.6 Å². The van der Waals surface area contributed by atoms with Crippen molar-refractivity contribution in [1.29, 1.82) is 0 Å². The van der Waals surface area contributed by atoms with Crippen LogP contribution in [-0.2, 0) is 14.9 Å². The van der Waals surface area contributed by atoms with Gasteiger partial charge in [-0.1, -0.05) is 47.6 Å². The Labute approximate surface area is 228 Å². The first-order valence-electron chi connectivity index (χ1n) is 12.8. The highest BCUT2D eigenvalue weighted by molar-refractivity contribution is 9.10. The molecule has 1 aromatic heterocycles. The lowest BCUT2D eigenvalue weighted by molar-refractivity contribution is 0.195. The van der Waals surface area contributed by atoms with E-state index in [9.17, 15) is 13.0 Å². The van der Waals surface area contributed by atoms with E-state index in [0.29, 0.717) is 29.3 Å². The van der Waals surface area contributed by atoms with Gasteiger partial charge in [-0.3, -0.25) is 4.55 Å². The zero-order chi connectivity index (χ0) is 27.2. The van der Waals surface area contributed by atoms with Crippen LogP contribution >= 0.6 is 15.9 Å². The lowest BCUT2D eigenvalue weighted by Crippen LogP contribution is -2.19. The molecule has 1 aliphatic rings. The van der Waals surface area contributed by atoms with Crippen molar-refractivity contribution in [3.63, 3.8) is 0 Å². The Kier molecular flexibility index (Phi) is 8.00. The SMILES string of the molecule is Cc1nc(-c2c(C(C)C)cc(C(C)C)c(S(=O)(=O)O)c2C(C)C)c2cc(N[C@H]3CCOC3)c(Br)cc2n1. The normalized spacial score (nSPS) is 16.5. The number of aromatic nitrogens is 2. The van der Waals surface area contributed by atoms with Crippen LogP contribution in [0.3, 0.4) is 0 Å². The molecule has 0 unspecified atom stereocenters. The topological polar surface area (TPSA) is 101 Å². The van der Waals surface area contributed by atoms with Gasteiger partial charge in [-0.2, -0.15) is 8.42 Å². The third kappa shape index (κ3) is 5.55. The maximum Gasteiger partial charge on any atom is 0.295 e. The monoisotopic (exact) mass is 589 g/mol. The zero-order valence-electron chi connectivity index (χ0n) is 22.5. The Morgan fingerprint density at radius 1 is 1.03 bits per heavy atom. The molecule has 2 heterocycles. The number of halogens is 1. The van der Waals surface area contributed by atoms with Crippen molar-refractivity contribution >= 4 is 42.6 Å². The van der Waals surface area contributed by atoms with Crippen LogP contribution in [0.2, 0.25) is 0 Å². The molecule has 0 aliphatic carbocycles. The molecule has 1 fully saturated rings. The van der Waals surface area contributed by atoms with Crippen LogP contribution in [0.25, 0.3) is 22.2 Å². The van der Waals surface area contributed by atoms with E-state index in [2.05, 4.69) is 35.1 Å². The summed E-state index contributed by atoms with van der Waals surface area (Å²) < 4.78 is 42.6. The predicted octanol–water partition coefficient (Wildman–Crippen LogP) is 7.19. The fourth-order valence-electron chi connectivity index (χ4n) is 5.15. The fraction of sp³-hybridized carbons (Fsp3) is 0.500. The number of fused-ring (bicyclic) bond motifs is 1. The highest BCUT2D eigenvalue weighted by Gasteiger charge is 2.31. The van der Waals surface area contributed by atoms with Gasteiger partial charge >= 0.3 is 0 Å². The van der Waals surface area contributed by atoms with Crippen molar-refractivity contribution in [2.75, 3.05) is 18.5 Å². The Hall–Kier alpha value is -2.07. The molecule has 200 valence electrons. The Balaban J connectivity index is 2.14. The molecule has 1 saturated heterocycles. The van der Waals surface area contributed by atoms with Crippen molar-refractivity contribution in [2.24, 2.45) is 0 Å². The van der Waals surface area contributed by atoms with Crippen LogP contribution < -0.4 is 5.32 Å². The van der Waals surface area contributed by atoms with E-state index in [1.807, 2.05) is 52.8 Å². The first-order valence-corrected chi connectivity index (χ1v) is 15.0. The van der Waals surface area contributed by atoms with Gasteiger partial charge in [-0.15, -0.1) is 0 Å². The van der Waals surface area contributed by atoms with Crippen molar-refractivity contribution < 1.29 is 17.7 Å². The van der Waals surface area contributed by atoms with Crippen LogP contribution in [0.15, 0.2) is 27.6 Å². The molecule has 1 atom stereocenters. The smallest absolute Gasteiger partial charge is 0.295 e. The van der Waals surface area contributed by atoms with E-state index in [4.69, 9.17) is 14.7 Å². The number of aryl methyl sites for hydroxylation is 1. The number of ether oxygens (including phenoxy) is 1. The number of hydrogen-bond donors (Lipinski definition) is 2. The second-order valence-electron chi connectivity index (χ2n) is 10.8. The Bertz CT molecular complexity index is 1450. The van der Waals surface area contributed by atoms with Crippen LogP contribution in [0.5, 0.6) is 0 Å². The molecule has 4 rings (SSSR count). The second-order valence-corrected chi connectivity index (χ2v) is 13.0. The summed E-state index contributed by atoms with van der Waals surface area (Å²) in [5.41, 5.74) is 5.32. The van der Waals surface area contributed by atoms with E-state index < -0.39 is 10.1 Å². The predicted molar refractivity (Wildman–Crippen MR) is 152 cm³/mol. The summed E-state index contributed by atoms with van der Waals surface area (Å²) >= 11 is 3.69. The second kappa shape index (κ2) is 10.6. The molecule has 2 aromatic carbocycles. The summed E-state index contributed by atoms with van der Waals surface area (Å²) in [5, 5.41) is 4.38. The number of hydrogen-bond acceptors (Lipinski definition) is 6. The molecule has 7 nitrogen and oxygen atoms in total. The molecule has 2 N–H and O–H groups in total. The van der Waals surface area contributed by atoms with Crippen molar-refractivity contribution in [1.82, 2.24) is 9.97 Å². The molecule has 37 heavy (non-hydrogen) atoms. The standard InChI is InChI=1S/C28H36BrN3O4S/c1-14(2)19-10-20(15(3)4)28(37(33,34)35)25(16(5)6)26(19)27-21-11-24(32-18-8-9-36-13-18)22(29)12-23(21)30-17(7)31-27/h10-12,14-16,18,32H,8-9,13H2,1-7H3,(H,33,34,35)/t18-/m0/s1. The molecule has 0 amide bonds. The van der Waals surface area contributed by atoms with Gasteiger partial charge in [-0.05, 0) is 75.9 Å². The Morgan fingerprint density at radius 2 is 1.70 bits per heavy atom. The summed E-state index contributed by atoms with van der Waals surface area (Å²) in [6.45, 7) is 15.2. The van der Waals surface area contributed by atoms with E-state index in [1.165, 1.54) is 0 Å². The van der Waals surface area contributed by atoms with Crippen LogP contribution in [0.1, 0.15) is 88.2 Å². The minimum Gasteiger partial charge on any atom is -0.379 e. The zero-order valence-corrected chi connectivity index (χ0v) is 24.9. The van der Waals surface area contributed by atoms with E-state index >= 15 is 0 Å². The Morgan fingerprint density at radius 3 is 2.24 bits per heavy atom. The van der Waals surface area contributed by atoms with Gasteiger partial charge in [-0.25, -0.2) is 9.97 Å². The average molecular weight is 591 g/mol. The molecule has 0 bridgehead atoms. The first-order chi connectivity index (χ1) is 17.3. The molecule has 0 saturated carbocycles. The van der Waals surface area contributed by atoms with Gasteiger partial charge in [0.2, 0.25) is 0 Å². The van der Waals surface area contributed by atoms with Crippen LogP contribution in [-0.4, -0.2) is 42.2 Å². The highest BCUT2D eigenvalue weighted by Crippen LogP contribution is 2.45. The van der Waals surface area contributed by atoms with Gasteiger partial charge in [0.15, 0.2) is 0 Å². The molecular weight excluding hydrogens is 554 g/mol. The molecule has 1 aliphatic heterocycles. The summed E-state index contributed by atoms with van der Waals surface area (Å²) in [4.78, 5) is 9.60. The van der Waals surface area contributed by atoms with Gasteiger partial charge in [0.1, 0.15) is 10.7 Å². The number of rotatable bonds is 7. The minimum absolute atomic E-state index is 0.000111. The first kappa shape index (κ1) is 28.0. The largest absolute Gasteiger partial charge is 0.379 e. The quantitative estimate of drug-likeness (QED) is 0.281. The maximum atomic E-state index is 12.9. The fourth-order valence-corrected chi connectivity index (χ4v) is 6.81. The van der Waals surface area contributed by atoms with Gasteiger partial charge in [0.05, 0.1) is 23.9 Å². The van der Waals surface area contributed by atoms with Gasteiger partial charge < -0.3 is 10.1 Å². The van der Waals surface area contributed by atoms with Gasteiger partial charge in [0, 0.05) is 27.7 Å². The van der Waals surface area contributed by atoms with Crippen molar-refractivity contribution in [3.8, 4) is 11.3 Å². The molecular formula is C28H36BrN3O4S. The van der Waals surface area contributed by atoms with E-state index in [0.717, 1.165) is 45.2 Å². The number of nitrogens with zero attached hydrogens (tertiary/aromatic N) is 2. The number of anilines is 1. The molecule has 0 spiro atoms. The molecule has 3 aromatic rings. The third-order valence-corrected chi connectivity index (χ3v) is 8.51. The van der Waals surface area contributed by atoms with E-state index in [1.54, 1.807) is 0 Å². The lowest BCUT2D eigenvalue weighted by atomic mass is 9.82. The molecule has 0 radical (unpaired) electrons. The summed E-state index contributed by atoms with van der Waals surface area (Å²) in [6, 6.07) is 6.15. The number of benzene rings is 2. The summed E-state index contributed by atoms with van der Waals surface area (Å²) in [6.07, 6.45) is 0.922. The third-order valence-electron chi connectivity index (χ3n) is 6.88. The lowest BCUT2D eigenvalue weighted by Gasteiger charge is -2.26. The average Bonchev–Trinajstić information content (AvgIpc) is 3.30. The minimum atomic E-state index is -4.50. The van der Waals surface area contributed by atoms with E-state index in [-0.39, 0.29) is 28.7 Å². The van der Waals surface area contributed by atoms with Crippen LogP contribution in [0, 0.1) is 6.92 Å². The van der Waals surface area contributed by atoms with Crippen LogP contribution in [0.4, 0.5) is 5.69 Å². The number of nitrogens with one attached hydrogen (secondary N) is 1. The maximum absolute atomic E-state index is 12.9. The van der Waals surface area contributed by atoms with Crippen molar-refractivity contribution in [3.05, 3.63) is 45.2 Å². The summed E-state index contributed by atoms with van der Waals surface area (Å²) in [5.74, 6) is 0.405.